The first-order chi connectivity index (χ1) is 6.80. The Morgan fingerprint density at radius 2 is 2.13 bits per heavy atom. The Hall–Kier alpha value is -0.0900. The largest absolute Gasteiger partial charge is 0.254 e. The van der Waals surface area contributed by atoms with E-state index in [9.17, 15) is 8.42 Å². The molecule has 84 valence electrons. The van der Waals surface area contributed by atoms with E-state index in [0.717, 1.165) is 18.6 Å². The van der Waals surface area contributed by atoms with Gasteiger partial charge in [-0.3, -0.25) is 0 Å². The summed E-state index contributed by atoms with van der Waals surface area (Å²) < 4.78 is 27.1. The summed E-state index contributed by atoms with van der Waals surface area (Å²) in [6, 6.07) is 0. The molecule has 5 heteroatoms. The van der Waals surface area contributed by atoms with Crippen LogP contribution < -0.4 is 0 Å². The highest BCUT2D eigenvalue weighted by Gasteiger charge is 2.70. The molecule has 15 heavy (non-hydrogen) atoms. The molecule has 3 rings (SSSR count). The van der Waals surface area contributed by atoms with Crippen molar-refractivity contribution in [1.29, 1.82) is 0 Å². The third kappa shape index (κ3) is 0.936. The molecule has 0 radical (unpaired) electrons. The van der Waals surface area contributed by atoms with E-state index in [4.69, 9.17) is 11.6 Å². The molecule has 0 aromatic carbocycles. The summed E-state index contributed by atoms with van der Waals surface area (Å²) >= 11 is 6.32. The normalized spacial score (nSPS) is 49.1. The van der Waals surface area contributed by atoms with Crippen LogP contribution in [-0.4, -0.2) is 25.3 Å². The van der Waals surface area contributed by atoms with Gasteiger partial charge in [0.25, 0.3) is 10.0 Å². The molecule has 0 unspecified atom stereocenters. The van der Waals surface area contributed by atoms with Gasteiger partial charge in [-0.25, -0.2) is 8.42 Å². The van der Waals surface area contributed by atoms with Crippen LogP contribution in [0.1, 0.15) is 26.7 Å². The lowest BCUT2D eigenvalue weighted by Crippen LogP contribution is -2.38. The van der Waals surface area contributed by atoms with E-state index in [2.05, 4.69) is 18.2 Å². The van der Waals surface area contributed by atoms with E-state index >= 15 is 0 Å². The van der Waals surface area contributed by atoms with Gasteiger partial charge >= 0.3 is 0 Å². The van der Waals surface area contributed by atoms with Crippen LogP contribution in [0.4, 0.5) is 0 Å². The van der Waals surface area contributed by atoms with Crippen LogP contribution >= 0.6 is 11.6 Å². The number of fused-ring (bicyclic) bond motifs is 1. The number of halogens is 1. The number of hydrogen-bond donors (Lipinski definition) is 0. The second kappa shape index (κ2) is 2.43. The minimum Gasteiger partial charge on any atom is -0.205 e. The SMILES string of the molecule is CC1(C)[C@@H]2CC[C@]13CS(=O)(=O)N=C3[C@H]2Cl. The Morgan fingerprint density at radius 1 is 1.47 bits per heavy atom. The van der Waals surface area contributed by atoms with Crippen molar-refractivity contribution in [1.82, 2.24) is 0 Å². The minimum atomic E-state index is -3.25. The third-order valence-electron chi connectivity index (χ3n) is 4.81. The van der Waals surface area contributed by atoms with Crippen LogP contribution in [0.2, 0.25) is 0 Å². The molecule has 3 nitrogen and oxygen atoms in total. The summed E-state index contributed by atoms with van der Waals surface area (Å²) in [6.07, 6.45) is 1.97. The zero-order valence-electron chi connectivity index (χ0n) is 8.83. The van der Waals surface area contributed by atoms with E-state index in [1.807, 2.05) is 0 Å². The van der Waals surface area contributed by atoms with Gasteiger partial charge < -0.3 is 0 Å². The molecule has 0 amide bonds. The first-order valence-corrected chi connectivity index (χ1v) is 7.32. The van der Waals surface area contributed by atoms with Crippen molar-refractivity contribution >= 4 is 27.3 Å². The standard InChI is InChI=1S/C10H14ClNO2S/c1-9(2)6-3-4-10(9)5-15(13,14)12-8(10)7(6)11/h6-7H,3-5H2,1-2H3/t6-,7+,10-/m1/s1. The number of alkyl halides is 1. The van der Waals surface area contributed by atoms with Crippen molar-refractivity contribution in [3.05, 3.63) is 0 Å². The van der Waals surface area contributed by atoms with E-state index in [-0.39, 0.29) is 22.0 Å². The van der Waals surface area contributed by atoms with Gasteiger partial charge in [0.15, 0.2) is 0 Å². The number of nitrogens with zero attached hydrogens (tertiary/aromatic N) is 1. The fourth-order valence-electron chi connectivity index (χ4n) is 3.83. The van der Waals surface area contributed by atoms with Crippen molar-refractivity contribution in [3.63, 3.8) is 0 Å². The summed E-state index contributed by atoms with van der Waals surface area (Å²) in [5.41, 5.74) is 0.496. The maximum Gasteiger partial charge on any atom is 0.254 e. The van der Waals surface area contributed by atoms with Crippen LogP contribution in [0.5, 0.6) is 0 Å². The maximum atomic E-state index is 11.6. The Bertz CT molecular complexity index is 468. The van der Waals surface area contributed by atoms with Crippen molar-refractivity contribution < 1.29 is 8.42 Å². The molecule has 0 saturated heterocycles. The van der Waals surface area contributed by atoms with Crippen LogP contribution in [0.3, 0.4) is 0 Å². The van der Waals surface area contributed by atoms with Crippen molar-refractivity contribution in [2.75, 3.05) is 5.75 Å². The fourth-order valence-corrected chi connectivity index (χ4v) is 6.52. The van der Waals surface area contributed by atoms with Crippen LogP contribution in [-0.2, 0) is 10.0 Å². The highest BCUT2D eigenvalue weighted by Crippen LogP contribution is 2.67. The summed E-state index contributed by atoms with van der Waals surface area (Å²) in [7, 11) is -3.25. The highest BCUT2D eigenvalue weighted by molar-refractivity contribution is 7.90. The predicted molar refractivity (Wildman–Crippen MR) is 59.8 cm³/mol. The molecule has 1 aliphatic heterocycles. The lowest BCUT2D eigenvalue weighted by Gasteiger charge is -2.33. The van der Waals surface area contributed by atoms with E-state index in [1.54, 1.807) is 0 Å². The molecule has 0 aromatic heterocycles. The summed E-state index contributed by atoms with van der Waals surface area (Å²) in [6.45, 7) is 4.28. The molecule has 1 heterocycles. The average Bonchev–Trinajstić information content (AvgIpc) is 2.54. The van der Waals surface area contributed by atoms with Crippen LogP contribution in [0, 0.1) is 16.7 Å². The van der Waals surface area contributed by atoms with E-state index < -0.39 is 10.0 Å². The molecule has 2 aliphatic carbocycles. The molecule has 1 spiro atoms. The quantitative estimate of drug-likeness (QED) is 0.613. The van der Waals surface area contributed by atoms with E-state index in [1.165, 1.54) is 0 Å². The number of hydrogen-bond acceptors (Lipinski definition) is 2. The monoisotopic (exact) mass is 247 g/mol. The smallest absolute Gasteiger partial charge is 0.205 e. The Balaban J connectivity index is 2.26. The van der Waals surface area contributed by atoms with Crippen molar-refractivity contribution in [3.8, 4) is 0 Å². The fraction of sp³-hybridized carbons (Fsp3) is 0.900. The minimum absolute atomic E-state index is 0.0121. The Labute approximate surface area is 95.0 Å². The second-order valence-electron chi connectivity index (χ2n) is 5.55. The maximum absolute atomic E-state index is 11.6. The lowest BCUT2D eigenvalue weighted by atomic mass is 9.70. The van der Waals surface area contributed by atoms with Crippen LogP contribution in [0.25, 0.3) is 0 Å². The number of rotatable bonds is 0. The third-order valence-corrected chi connectivity index (χ3v) is 6.66. The van der Waals surface area contributed by atoms with Gasteiger partial charge in [0.2, 0.25) is 0 Å². The summed E-state index contributed by atoms with van der Waals surface area (Å²) in [5.74, 6) is 0.579. The molecule has 0 aromatic rings. The topological polar surface area (TPSA) is 46.5 Å². The van der Waals surface area contributed by atoms with Gasteiger partial charge in [-0.1, -0.05) is 13.8 Å². The highest BCUT2D eigenvalue weighted by atomic mass is 35.5. The van der Waals surface area contributed by atoms with Gasteiger partial charge in [-0.05, 0) is 24.2 Å². The molecule has 2 saturated carbocycles. The molecular weight excluding hydrogens is 234 g/mol. The molecule has 3 atom stereocenters. The zero-order valence-corrected chi connectivity index (χ0v) is 10.4. The van der Waals surface area contributed by atoms with Gasteiger partial charge in [0.1, 0.15) is 0 Å². The Kier molecular flexibility index (Phi) is 1.63. The molecule has 3 aliphatic rings. The molecule has 2 bridgehead atoms. The first kappa shape index (κ1) is 10.1. The average molecular weight is 248 g/mol. The summed E-state index contributed by atoms with van der Waals surface area (Å²) in [5, 5.41) is -0.161. The molecule has 2 fully saturated rings. The van der Waals surface area contributed by atoms with Crippen molar-refractivity contribution in [2.45, 2.75) is 32.1 Å². The molecule has 0 N–H and O–H groups in total. The molecular formula is C10H14ClNO2S. The summed E-state index contributed by atoms with van der Waals surface area (Å²) in [4.78, 5) is 0. The zero-order chi connectivity index (χ0) is 11.1. The Morgan fingerprint density at radius 3 is 2.73 bits per heavy atom. The van der Waals surface area contributed by atoms with Gasteiger partial charge in [-0.2, -0.15) is 4.40 Å². The number of sulfonamides is 1. The first-order valence-electron chi connectivity index (χ1n) is 5.27. The second-order valence-corrected chi connectivity index (χ2v) is 7.66. The van der Waals surface area contributed by atoms with E-state index in [0.29, 0.717) is 5.92 Å². The van der Waals surface area contributed by atoms with Crippen LogP contribution in [0.15, 0.2) is 4.40 Å². The van der Waals surface area contributed by atoms with Gasteiger partial charge in [-0.15, -0.1) is 11.6 Å². The lowest BCUT2D eigenvalue weighted by molar-refractivity contribution is 0.199. The van der Waals surface area contributed by atoms with Gasteiger partial charge in [0.05, 0.1) is 16.8 Å². The van der Waals surface area contributed by atoms with Crippen molar-refractivity contribution in [2.24, 2.45) is 21.1 Å². The predicted octanol–water partition coefficient (Wildman–Crippen LogP) is 1.81. The van der Waals surface area contributed by atoms with Gasteiger partial charge in [0, 0.05) is 5.41 Å².